The topological polar surface area (TPSA) is 60.8 Å². The largest absolute Gasteiger partial charge is 0.490 e. The van der Waals surface area contributed by atoms with Crippen LogP contribution >= 0.6 is 11.9 Å². The molecule has 4 nitrogen and oxygen atoms in total. The van der Waals surface area contributed by atoms with Crippen molar-refractivity contribution >= 4 is 17.6 Å². The molecule has 0 bridgehead atoms. The van der Waals surface area contributed by atoms with Crippen LogP contribution in [0.3, 0.4) is 0 Å². The first-order valence-electron chi connectivity index (χ1n) is 8.75. The number of nitrogens with one attached hydrogen (secondary N) is 2. The average molecular weight is 379 g/mol. The van der Waals surface area contributed by atoms with Crippen molar-refractivity contribution in [1.82, 2.24) is 4.98 Å². The highest BCUT2D eigenvalue weighted by Gasteiger charge is 2.23. The number of halogens is 1. The first-order valence-corrected chi connectivity index (χ1v) is 9.56. The van der Waals surface area contributed by atoms with E-state index in [9.17, 15) is 4.39 Å². The summed E-state index contributed by atoms with van der Waals surface area (Å²) in [6, 6.07) is 14.5. The van der Waals surface area contributed by atoms with Crippen molar-refractivity contribution in [3.05, 3.63) is 77.4 Å². The van der Waals surface area contributed by atoms with Crippen molar-refractivity contribution in [2.24, 2.45) is 0 Å². The quantitative estimate of drug-likeness (QED) is 0.549. The van der Waals surface area contributed by atoms with E-state index in [0.717, 1.165) is 35.5 Å². The summed E-state index contributed by atoms with van der Waals surface area (Å²) in [4.78, 5) is 4.11. The van der Waals surface area contributed by atoms with E-state index in [1.807, 2.05) is 30.6 Å². The number of anilines is 1. The highest BCUT2D eigenvalue weighted by molar-refractivity contribution is 8.00. The van der Waals surface area contributed by atoms with Gasteiger partial charge in [0.2, 0.25) is 0 Å². The van der Waals surface area contributed by atoms with Crippen LogP contribution in [0.1, 0.15) is 29.5 Å². The number of rotatable bonds is 7. The van der Waals surface area contributed by atoms with Crippen molar-refractivity contribution in [3.8, 4) is 11.8 Å². The fourth-order valence-electron chi connectivity index (χ4n) is 2.72. The molecule has 2 N–H and O–H groups in total. The number of ether oxygens (including phenoxy) is 1. The first kappa shape index (κ1) is 17.5. The number of benzene rings is 2. The fourth-order valence-corrected chi connectivity index (χ4v) is 3.49. The summed E-state index contributed by atoms with van der Waals surface area (Å²) in [5.41, 5.74) is 2.94. The minimum atomic E-state index is -0.441. The second-order valence-corrected chi connectivity index (χ2v) is 7.34. The predicted molar refractivity (Wildman–Crippen MR) is 104 cm³/mol. The van der Waals surface area contributed by atoms with Gasteiger partial charge < -0.3 is 14.4 Å². The van der Waals surface area contributed by atoms with Gasteiger partial charge in [-0.2, -0.15) is 5.26 Å². The van der Waals surface area contributed by atoms with E-state index in [1.54, 1.807) is 12.1 Å². The zero-order valence-corrected chi connectivity index (χ0v) is 15.4. The maximum absolute atomic E-state index is 14.0. The van der Waals surface area contributed by atoms with Gasteiger partial charge in [-0.25, -0.2) is 4.39 Å². The number of H-pyrrole nitrogens is 1. The summed E-state index contributed by atoms with van der Waals surface area (Å²) in [6.45, 7) is 0. The molecule has 1 saturated carbocycles. The van der Waals surface area contributed by atoms with Gasteiger partial charge in [-0.05, 0) is 66.2 Å². The van der Waals surface area contributed by atoms with Gasteiger partial charge in [-0.15, -0.1) is 0 Å². The SMILES string of the molecule is N#Cc1ccc(NSc2c[nH]cc2Cc2cccc(OC3CC3)c2)c(F)c1. The highest BCUT2D eigenvalue weighted by Crippen LogP contribution is 2.30. The van der Waals surface area contributed by atoms with Crippen molar-refractivity contribution in [1.29, 1.82) is 5.26 Å². The third-order valence-corrected chi connectivity index (χ3v) is 5.20. The molecule has 1 aliphatic carbocycles. The molecule has 2 aromatic carbocycles. The third-order valence-electron chi connectivity index (χ3n) is 4.28. The number of aromatic amines is 1. The van der Waals surface area contributed by atoms with Gasteiger partial charge in [0.15, 0.2) is 0 Å². The number of aromatic nitrogens is 1. The highest BCUT2D eigenvalue weighted by atomic mass is 32.2. The molecule has 27 heavy (non-hydrogen) atoms. The molecule has 0 unspecified atom stereocenters. The Labute approximate surface area is 161 Å². The predicted octanol–water partition coefficient (Wildman–Crippen LogP) is 5.28. The molecular formula is C21H18FN3OS. The van der Waals surface area contributed by atoms with Gasteiger partial charge >= 0.3 is 0 Å². The van der Waals surface area contributed by atoms with E-state index in [1.165, 1.54) is 23.6 Å². The van der Waals surface area contributed by atoms with Gasteiger partial charge in [0.1, 0.15) is 11.6 Å². The molecule has 1 aromatic heterocycles. The zero-order chi connectivity index (χ0) is 18.6. The lowest BCUT2D eigenvalue weighted by molar-refractivity contribution is 0.303. The van der Waals surface area contributed by atoms with Crippen LogP contribution in [0.25, 0.3) is 0 Å². The summed E-state index contributed by atoms with van der Waals surface area (Å²) in [5, 5.41) is 8.83. The van der Waals surface area contributed by atoms with E-state index < -0.39 is 5.82 Å². The van der Waals surface area contributed by atoms with Crippen molar-refractivity contribution in [2.45, 2.75) is 30.3 Å². The van der Waals surface area contributed by atoms with Crippen LogP contribution in [-0.4, -0.2) is 11.1 Å². The molecule has 1 heterocycles. The Kier molecular flexibility index (Phi) is 5.03. The number of hydrogen-bond donors (Lipinski definition) is 2. The third kappa shape index (κ3) is 4.44. The molecule has 3 aromatic rings. The molecule has 0 spiro atoms. The van der Waals surface area contributed by atoms with E-state index in [2.05, 4.69) is 21.8 Å². The summed E-state index contributed by atoms with van der Waals surface area (Å²) in [7, 11) is 0. The zero-order valence-electron chi connectivity index (χ0n) is 14.5. The van der Waals surface area contributed by atoms with Crippen LogP contribution in [0.15, 0.2) is 59.8 Å². The normalized spacial score (nSPS) is 13.2. The van der Waals surface area contributed by atoms with Gasteiger partial charge in [0.05, 0.1) is 23.4 Å². The van der Waals surface area contributed by atoms with E-state index >= 15 is 0 Å². The van der Waals surface area contributed by atoms with Crippen LogP contribution < -0.4 is 9.46 Å². The number of nitrogens with zero attached hydrogens (tertiary/aromatic N) is 1. The smallest absolute Gasteiger partial charge is 0.148 e. The van der Waals surface area contributed by atoms with E-state index in [-0.39, 0.29) is 0 Å². The summed E-state index contributed by atoms with van der Waals surface area (Å²) in [6.07, 6.45) is 7.25. The van der Waals surface area contributed by atoms with Crippen LogP contribution in [0.5, 0.6) is 5.75 Å². The second kappa shape index (κ2) is 7.77. The maximum Gasteiger partial charge on any atom is 0.148 e. The lowest BCUT2D eigenvalue weighted by atomic mass is 10.1. The molecule has 4 rings (SSSR count). The first-order chi connectivity index (χ1) is 13.2. The van der Waals surface area contributed by atoms with E-state index in [4.69, 9.17) is 10.00 Å². The lowest BCUT2D eigenvalue weighted by Gasteiger charge is -2.09. The second-order valence-electron chi connectivity index (χ2n) is 6.50. The monoisotopic (exact) mass is 379 g/mol. The average Bonchev–Trinajstić information content (AvgIpc) is 3.38. The van der Waals surface area contributed by atoms with Crippen molar-refractivity contribution in [2.75, 3.05) is 4.72 Å². The van der Waals surface area contributed by atoms with Crippen LogP contribution in [0, 0.1) is 17.1 Å². The Balaban J connectivity index is 1.43. The molecular weight excluding hydrogens is 361 g/mol. The fraction of sp³-hybridized carbons (Fsp3) is 0.190. The Bertz CT molecular complexity index is 991. The lowest BCUT2D eigenvalue weighted by Crippen LogP contribution is -1.97. The van der Waals surface area contributed by atoms with Gasteiger partial charge in [-0.3, -0.25) is 0 Å². The Hall–Kier alpha value is -2.91. The number of nitriles is 1. The van der Waals surface area contributed by atoms with Crippen LogP contribution in [0.2, 0.25) is 0 Å². The Morgan fingerprint density at radius 2 is 2.11 bits per heavy atom. The Morgan fingerprint density at radius 1 is 1.22 bits per heavy atom. The van der Waals surface area contributed by atoms with E-state index in [0.29, 0.717) is 17.4 Å². The van der Waals surface area contributed by atoms with Crippen molar-refractivity contribution < 1.29 is 9.13 Å². The molecule has 6 heteroatoms. The molecule has 0 amide bonds. The molecule has 0 atom stereocenters. The van der Waals surface area contributed by atoms with Crippen molar-refractivity contribution in [3.63, 3.8) is 0 Å². The molecule has 0 aliphatic heterocycles. The maximum atomic E-state index is 14.0. The summed E-state index contributed by atoms with van der Waals surface area (Å²) >= 11 is 1.34. The molecule has 0 radical (unpaired) electrons. The van der Waals surface area contributed by atoms with Gasteiger partial charge in [0, 0.05) is 23.7 Å². The summed E-state index contributed by atoms with van der Waals surface area (Å²) in [5.74, 6) is 0.473. The standard InChI is InChI=1S/C21H18FN3OS/c22-19-10-15(11-23)4-7-20(19)25-27-21-13-24-12-16(21)8-14-2-1-3-18(9-14)26-17-5-6-17/h1-4,7,9-10,12-13,17,24-25H,5-6,8H2. The molecule has 136 valence electrons. The van der Waals surface area contributed by atoms with Gasteiger partial charge in [0.25, 0.3) is 0 Å². The molecule has 0 saturated heterocycles. The van der Waals surface area contributed by atoms with Gasteiger partial charge in [-0.1, -0.05) is 12.1 Å². The van der Waals surface area contributed by atoms with Crippen LogP contribution in [-0.2, 0) is 6.42 Å². The summed E-state index contributed by atoms with van der Waals surface area (Å²) < 4.78 is 22.9. The molecule has 1 fully saturated rings. The van der Waals surface area contributed by atoms with Crippen LogP contribution in [0.4, 0.5) is 10.1 Å². The minimum Gasteiger partial charge on any atom is -0.490 e. The number of hydrogen-bond acceptors (Lipinski definition) is 4. The minimum absolute atomic E-state index is 0.304. The molecule has 1 aliphatic rings. The Morgan fingerprint density at radius 3 is 2.89 bits per heavy atom.